The minimum absolute atomic E-state index is 0.133. The summed E-state index contributed by atoms with van der Waals surface area (Å²) in [7, 11) is -3.26. The van der Waals surface area contributed by atoms with Crippen molar-refractivity contribution in [3.05, 3.63) is 47.2 Å². The SMILES string of the molecule is Cc1cccc(Cn2nc(C)cc2NC(=O)NCCNS(C)(=O)=O)c1. The highest BCUT2D eigenvalue weighted by Crippen LogP contribution is 2.13. The first kappa shape index (κ1) is 18.9. The van der Waals surface area contributed by atoms with Crippen LogP contribution in [-0.2, 0) is 16.6 Å². The van der Waals surface area contributed by atoms with Crippen molar-refractivity contribution >= 4 is 21.9 Å². The summed E-state index contributed by atoms with van der Waals surface area (Å²) in [5.41, 5.74) is 3.04. The van der Waals surface area contributed by atoms with Crippen LogP contribution in [0.1, 0.15) is 16.8 Å². The van der Waals surface area contributed by atoms with Gasteiger partial charge in [-0.15, -0.1) is 0 Å². The van der Waals surface area contributed by atoms with Crippen LogP contribution in [0.15, 0.2) is 30.3 Å². The summed E-state index contributed by atoms with van der Waals surface area (Å²) in [5, 5.41) is 9.73. The Morgan fingerprint density at radius 2 is 1.96 bits per heavy atom. The zero-order valence-corrected chi connectivity index (χ0v) is 15.4. The lowest BCUT2D eigenvalue weighted by Gasteiger charge is -2.10. The summed E-state index contributed by atoms with van der Waals surface area (Å²) in [6, 6.07) is 9.44. The predicted molar refractivity (Wildman–Crippen MR) is 97.1 cm³/mol. The van der Waals surface area contributed by atoms with E-state index in [4.69, 9.17) is 0 Å². The number of hydrogen-bond acceptors (Lipinski definition) is 4. The van der Waals surface area contributed by atoms with Gasteiger partial charge < -0.3 is 5.32 Å². The topological polar surface area (TPSA) is 105 Å². The third kappa shape index (κ3) is 6.55. The average Bonchev–Trinajstić information content (AvgIpc) is 2.82. The smallest absolute Gasteiger partial charge is 0.320 e. The van der Waals surface area contributed by atoms with Gasteiger partial charge in [0.2, 0.25) is 10.0 Å². The molecule has 0 aliphatic heterocycles. The summed E-state index contributed by atoms with van der Waals surface area (Å²) >= 11 is 0. The van der Waals surface area contributed by atoms with E-state index in [2.05, 4.69) is 26.5 Å². The highest BCUT2D eigenvalue weighted by atomic mass is 32.2. The summed E-state index contributed by atoms with van der Waals surface area (Å²) in [4.78, 5) is 12.0. The van der Waals surface area contributed by atoms with Gasteiger partial charge in [0.05, 0.1) is 18.5 Å². The van der Waals surface area contributed by atoms with Crippen LogP contribution in [0.5, 0.6) is 0 Å². The zero-order chi connectivity index (χ0) is 18.4. The number of amides is 2. The van der Waals surface area contributed by atoms with Crippen molar-refractivity contribution in [2.75, 3.05) is 24.7 Å². The predicted octanol–water partition coefficient (Wildman–Crippen LogP) is 1.22. The molecule has 1 aromatic carbocycles. The van der Waals surface area contributed by atoms with Crippen LogP contribution < -0.4 is 15.4 Å². The summed E-state index contributed by atoms with van der Waals surface area (Å²) in [6.45, 7) is 4.74. The summed E-state index contributed by atoms with van der Waals surface area (Å²) in [6.07, 6.45) is 1.07. The third-order valence-electron chi connectivity index (χ3n) is 3.33. The molecule has 0 atom stereocenters. The zero-order valence-electron chi connectivity index (χ0n) is 14.5. The second kappa shape index (κ2) is 8.13. The Morgan fingerprint density at radius 1 is 1.20 bits per heavy atom. The lowest BCUT2D eigenvalue weighted by Crippen LogP contribution is -2.36. The van der Waals surface area contributed by atoms with E-state index in [0.29, 0.717) is 12.4 Å². The van der Waals surface area contributed by atoms with E-state index >= 15 is 0 Å². The number of benzene rings is 1. The number of aromatic nitrogens is 2. The minimum Gasteiger partial charge on any atom is -0.337 e. The van der Waals surface area contributed by atoms with Gasteiger partial charge in [0, 0.05) is 19.2 Å². The Bertz CT molecular complexity index is 845. The molecule has 1 heterocycles. The van der Waals surface area contributed by atoms with E-state index in [9.17, 15) is 13.2 Å². The molecule has 8 nitrogen and oxygen atoms in total. The first-order valence-electron chi connectivity index (χ1n) is 7.82. The van der Waals surface area contributed by atoms with Gasteiger partial charge >= 0.3 is 6.03 Å². The van der Waals surface area contributed by atoms with Crippen molar-refractivity contribution in [3.63, 3.8) is 0 Å². The standard InChI is InChI=1S/C16H23N5O3S/c1-12-5-4-6-14(9-12)11-21-15(10-13(2)20-21)19-16(22)17-7-8-18-25(3,23)24/h4-6,9-10,18H,7-8,11H2,1-3H3,(H2,17,19,22). The normalized spacial score (nSPS) is 11.3. The van der Waals surface area contributed by atoms with Crippen LogP contribution in [0.25, 0.3) is 0 Å². The average molecular weight is 365 g/mol. The molecule has 0 spiro atoms. The van der Waals surface area contributed by atoms with Crippen molar-refractivity contribution in [1.82, 2.24) is 19.8 Å². The molecule has 9 heteroatoms. The van der Waals surface area contributed by atoms with Gasteiger partial charge in [0.15, 0.2) is 0 Å². The molecule has 0 fully saturated rings. The fourth-order valence-electron chi connectivity index (χ4n) is 2.32. The lowest BCUT2D eigenvalue weighted by molar-refractivity contribution is 0.252. The lowest BCUT2D eigenvalue weighted by atomic mass is 10.1. The Balaban J connectivity index is 1.94. The molecule has 2 aromatic rings. The van der Waals surface area contributed by atoms with Crippen molar-refractivity contribution in [2.45, 2.75) is 20.4 Å². The number of hydrogen-bond donors (Lipinski definition) is 3. The Kier molecular flexibility index (Phi) is 6.16. The van der Waals surface area contributed by atoms with Crippen LogP contribution in [0.4, 0.5) is 10.6 Å². The van der Waals surface area contributed by atoms with Gasteiger partial charge in [-0.1, -0.05) is 29.8 Å². The molecule has 136 valence electrons. The summed E-state index contributed by atoms with van der Waals surface area (Å²) < 4.78 is 25.9. The molecule has 25 heavy (non-hydrogen) atoms. The number of nitrogens with one attached hydrogen (secondary N) is 3. The Labute approximate surface area is 147 Å². The van der Waals surface area contributed by atoms with Gasteiger partial charge in [-0.25, -0.2) is 22.6 Å². The second-order valence-electron chi connectivity index (χ2n) is 5.87. The Morgan fingerprint density at radius 3 is 2.64 bits per heavy atom. The molecule has 0 saturated heterocycles. The van der Waals surface area contributed by atoms with Crippen molar-refractivity contribution < 1.29 is 13.2 Å². The molecule has 2 rings (SSSR count). The van der Waals surface area contributed by atoms with E-state index < -0.39 is 16.1 Å². The quantitative estimate of drug-likeness (QED) is 0.642. The fourth-order valence-corrected chi connectivity index (χ4v) is 2.80. The first-order chi connectivity index (χ1) is 11.7. The number of sulfonamides is 1. The molecule has 2 amide bonds. The molecule has 0 aliphatic rings. The number of urea groups is 1. The van der Waals surface area contributed by atoms with Gasteiger partial charge in [-0.2, -0.15) is 5.10 Å². The number of aryl methyl sites for hydroxylation is 2. The molecular weight excluding hydrogens is 342 g/mol. The van der Waals surface area contributed by atoms with Crippen LogP contribution in [0, 0.1) is 13.8 Å². The van der Waals surface area contributed by atoms with Crippen LogP contribution in [-0.4, -0.2) is 43.6 Å². The maximum absolute atomic E-state index is 12.0. The fraction of sp³-hybridized carbons (Fsp3) is 0.375. The van der Waals surface area contributed by atoms with E-state index in [1.54, 1.807) is 10.7 Å². The molecule has 0 unspecified atom stereocenters. The summed E-state index contributed by atoms with van der Waals surface area (Å²) in [5.74, 6) is 0.576. The molecule has 3 N–H and O–H groups in total. The van der Waals surface area contributed by atoms with E-state index in [1.165, 1.54) is 0 Å². The molecule has 0 radical (unpaired) electrons. The highest BCUT2D eigenvalue weighted by molar-refractivity contribution is 7.88. The maximum Gasteiger partial charge on any atom is 0.320 e. The van der Waals surface area contributed by atoms with E-state index in [1.807, 2.05) is 32.0 Å². The van der Waals surface area contributed by atoms with Crippen molar-refractivity contribution in [2.24, 2.45) is 0 Å². The molecule has 0 aliphatic carbocycles. The maximum atomic E-state index is 12.0. The van der Waals surface area contributed by atoms with Crippen LogP contribution in [0.2, 0.25) is 0 Å². The first-order valence-corrected chi connectivity index (χ1v) is 9.71. The molecule has 0 bridgehead atoms. The molecular formula is C16H23N5O3S. The van der Waals surface area contributed by atoms with Crippen LogP contribution in [0.3, 0.4) is 0 Å². The number of carbonyl (C=O) groups is 1. The van der Waals surface area contributed by atoms with Gasteiger partial charge in [0.1, 0.15) is 5.82 Å². The molecule has 1 aromatic heterocycles. The number of carbonyl (C=O) groups excluding carboxylic acids is 1. The van der Waals surface area contributed by atoms with Gasteiger partial charge in [-0.05, 0) is 19.4 Å². The van der Waals surface area contributed by atoms with Crippen molar-refractivity contribution in [3.8, 4) is 0 Å². The van der Waals surface area contributed by atoms with Gasteiger partial charge in [-0.3, -0.25) is 5.32 Å². The second-order valence-corrected chi connectivity index (χ2v) is 7.70. The number of rotatable bonds is 7. The van der Waals surface area contributed by atoms with Gasteiger partial charge in [0.25, 0.3) is 0 Å². The minimum atomic E-state index is -3.26. The van der Waals surface area contributed by atoms with Crippen LogP contribution >= 0.6 is 0 Å². The van der Waals surface area contributed by atoms with Crippen molar-refractivity contribution in [1.29, 1.82) is 0 Å². The largest absolute Gasteiger partial charge is 0.337 e. The monoisotopic (exact) mass is 365 g/mol. The number of nitrogens with zero attached hydrogens (tertiary/aromatic N) is 2. The Hall–Kier alpha value is -2.39. The molecule has 0 saturated carbocycles. The van der Waals surface area contributed by atoms with E-state index in [-0.39, 0.29) is 13.1 Å². The third-order valence-corrected chi connectivity index (χ3v) is 4.06. The number of anilines is 1. The van der Waals surface area contributed by atoms with E-state index in [0.717, 1.165) is 23.1 Å². The highest BCUT2D eigenvalue weighted by Gasteiger charge is 2.10.